The second-order valence-electron chi connectivity index (χ2n) is 6.44. The van der Waals surface area contributed by atoms with E-state index < -0.39 is 4.92 Å². The minimum Gasteiger partial charge on any atom is -0.378 e. The summed E-state index contributed by atoms with van der Waals surface area (Å²) >= 11 is 0. The number of nitrogens with zero attached hydrogens (tertiary/aromatic N) is 3. The number of hydrogen-bond acceptors (Lipinski definition) is 6. The molecule has 0 bridgehead atoms. The van der Waals surface area contributed by atoms with Gasteiger partial charge in [-0.2, -0.15) is 5.10 Å². The molecule has 0 saturated carbocycles. The van der Waals surface area contributed by atoms with Crippen LogP contribution in [0, 0.1) is 10.1 Å². The number of hydrogen-bond donors (Lipinski definition) is 2. The normalized spacial score (nSPS) is 10.6. The maximum absolute atomic E-state index is 12.0. The monoisotopic (exact) mass is 397 g/mol. The highest BCUT2D eigenvalue weighted by Crippen LogP contribution is 2.12. The minimum absolute atomic E-state index is 0.0765. The molecule has 0 aliphatic heterocycles. The largest absolute Gasteiger partial charge is 0.378 e. The SMILES string of the molecule is CN(C)c1ccc(C=NNC(=O)CCCNC(=O)c2ccc([N+](=O)[O-])cc2)cc1. The summed E-state index contributed by atoms with van der Waals surface area (Å²) in [7, 11) is 3.91. The molecule has 2 amide bonds. The van der Waals surface area contributed by atoms with Crippen LogP contribution in [0.15, 0.2) is 53.6 Å². The summed E-state index contributed by atoms with van der Waals surface area (Å²) in [6, 6.07) is 13.0. The molecule has 2 rings (SSSR count). The van der Waals surface area contributed by atoms with Crippen molar-refractivity contribution in [2.75, 3.05) is 25.5 Å². The van der Waals surface area contributed by atoms with Crippen molar-refractivity contribution in [2.24, 2.45) is 5.10 Å². The highest BCUT2D eigenvalue weighted by Gasteiger charge is 2.09. The summed E-state index contributed by atoms with van der Waals surface area (Å²) < 4.78 is 0. The zero-order valence-corrected chi connectivity index (χ0v) is 16.3. The standard InChI is InChI=1S/C20H23N5O4/c1-24(2)17-9-5-15(6-10-17)14-22-23-19(26)4-3-13-21-20(27)16-7-11-18(12-8-16)25(28)29/h5-12,14H,3-4,13H2,1-2H3,(H,21,27)(H,23,26). The third-order valence-corrected chi connectivity index (χ3v) is 4.02. The van der Waals surface area contributed by atoms with Gasteiger partial charge in [0.25, 0.3) is 11.6 Å². The van der Waals surface area contributed by atoms with Crippen LogP contribution in [0.5, 0.6) is 0 Å². The van der Waals surface area contributed by atoms with Crippen LogP contribution in [0.2, 0.25) is 0 Å². The van der Waals surface area contributed by atoms with Gasteiger partial charge in [-0.15, -0.1) is 0 Å². The number of rotatable bonds is 9. The molecule has 0 fully saturated rings. The highest BCUT2D eigenvalue weighted by atomic mass is 16.6. The third kappa shape index (κ3) is 7.06. The van der Waals surface area contributed by atoms with Gasteiger partial charge in [-0.1, -0.05) is 12.1 Å². The van der Waals surface area contributed by atoms with E-state index in [-0.39, 0.29) is 23.9 Å². The van der Waals surface area contributed by atoms with Crippen LogP contribution in [-0.2, 0) is 4.79 Å². The second-order valence-corrected chi connectivity index (χ2v) is 6.44. The van der Waals surface area contributed by atoms with E-state index in [1.807, 2.05) is 43.3 Å². The summed E-state index contributed by atoms with van der Waals surface area (Å²) in [6.07, 6.45) is 2.21. The molecule has 0 aliphatic carbocycles. The van der Waals surface area contributed by atoms with Crippen molar-refractivity contribution in [1.82, 2.24) is 10.7 Å². The molecule has 0 spiro atoms. The molecule has 29 heavy (non-hydrogen) atoms. The van der Waals surface area contributed by atoms with Crippen LogP contribution in [0.4, 0.5) is 11.4 Å². The Morgan fingerprint density at radius 2 is 1.76 bits per heavy atom. The molecule has 152 valence electrons. The summed E-state index contributed by atoms with van der Waals surface area (Å²) in [4.78, 5) is 35.8. The lowest BCUT2D eigenvalue weighted by Gasteiger charge is -2.11. The Balaban J connectivity index is 1.67. The molecule has 0 unspecified atom stereocenters. The quantitative estimate of drug-likeness (QED) is 0.291. The maximum atomic E-state index is 12.0. The molecule has 0 aliphatic rings. The predicted molar refractivity (Wildman–Crippen MR) is 111 cm³/mol. The van der Waals surface area contributed by atoms with Gasteiger partial charge in [0, 0.05) is 50.4 Å². The lowest BCUT2D eigenvalue weighted by Crippen LogP contribution is -2.26. The molecule has 2 N–H and O–H groups in total. The van der Waals surface area contributed by atoms with Crippen LogP contribution in [0.1, 0.15) is 28.8 Å². The first kappa shape index (κ1) is 21.5. The number of benzene rings is 2. The third-order valence-electron chi connectivity index (χ3n) is 4.02. The van der Waals surface area contributed by atoms with Crippen molar-refractivity contribution in [1.29, 1.82) is 0 Å². The van der Waals surface area contributed by atoms with E-state index in [1.165, 1.54) is 24.3 Å². The fourth-order valence-electron chi connectivity index (χ4n) is 2.38. The molecule has 0 aromatic heterocycles. The van der Waals surface area contributed by atoms with Gasteiger partial charge in [-0.3, -0.25) is 19.7 Å². The van der Waals surface area contributed by atoms with Crippen molar-refractivity contribution < 1.29 is 14.5 Å². The Bertz CT molecular complexity index is 877. The number of nitro benzene ring substituents is 1. The van der Waals surface area contributed by atoms with Gasteiger partial charge in [0.2, 0.25) is 5.91 Å². The average Bonchev–Trinajstić information content (AvgIpc) is 2.71. The van der Waals surface area contributed by atoms with Crippen molar-refractivity contribution in [3.63, 3.8) is 0 Å². The summed E-state index contributed by atoms with van der Waals surface area (Å²) in [6.45, 7) is 0.305. The molecule has 9 heteroatoms. The molecule has 9 nitrogen and oxygen atoms in total. The number of carbonyl (C=O) groups excluding carboxylic acids is 2. The summed E-state index contributed by atoms with van der Waals surface area (Å²) in [5.41, 5.74) is 4.63. The summed E-state index contributed by atoms with van der Waals surface area (Å²) in [5, 5.41) is 17.2. The lowest BCUT2D eigenvalue weighted by atomic mass is 10.2. The van der Waals surface area contributed by atoms with Crippen molar-refractivity contribution in [3.8, 4) is 0 Å². The molecular formula is C20H23N5O4. The lowest BCUT2D eigenvalue weighted by molar-refractivity contribution is -0.384. The molecule has 0 heterocycles. The Morgan fingerprint density at radius 1 is 1.10 bits per heavy atom. The van der Waals surface area contributed by atoms with E-state index in [2.05, 4.69) is 15.8 Å². The first-order valence-corrected chi connectivity index (χ1v) is 8.99. The number of non-ortho nitro benzene ring substituents is 1. The first-order chi connectivity index (χ1) is 13.9. The number of anilines is 1. The Kier molecular flexibility index (Phi) is 7.84. The number of hydrazone groups is 1. The minimum atomic E-state index is -0.526. The second kappa shape index (κ2) is 10.5. The fourth-order valence-corrected chi connectivity index (χ4v) is 2.38. The molecular weight excluding hydrogens is 374 g/mol. The van der Waals surface area contributed by atoms with Gasteiger partial charge in [0.1, 0.15) is 0 Å². The van der Waals surface area contributed by atoms with Crippen molar-refractivity contribution in [2.45, 2.75) is 12.8 Å². The molecule has 0 saturated heterocycles. The van der Waals surface area contributed by atoms with Crippen LogP contribution >= 0.6 is 0 Å². The van der Waals surface area contributed by atoms with E-state index in [0.717, 1.165) is 11.3 Å². The van der Waals surface area contributed by atoms with Gasteiger partial charge >= 0.3 is 0 Å². The van der Waals surface area contributed by atoms with E-state index in [1.54, 1.807) is 6.21 Å². The molecule has 0 atom stereocenters. The van der Waals surface area contributed by atoms with Crippen molar-refractivity contribution in [3.05, 3.63) is 69.8 Å². The van der Waals surface area contributed by atoms with Crippen LogP contribution in [0.3, 0.4) is 0 Å². The van der Waals surface area contributed by atoms with E-state index >= 15 is 0 Å². The average molecular weight is 397 g/mol. The van der Waals surface area contributed by atoms with Gasteiger partial charge < -0.3 is 10.2 Å². The van der Waals surface area contributed by atoms with Gasteiger partial charge in [0.05, 0.1) is 11.1 Å². The molecule has 2 aromatic rings. The van der Waals surface area contributed by atoms with E-state index in [4.69, 9.17) is 0 Å². The van der Waals surface area contributed by atoms with Gasteiger partial charge in [-0.25, -0.2) is 5.43 Å². The Morgan fingerprint density at radius 3 is 2.34 bits per heavy atom. The van der Waals surface area contributed by atoms with Gasteiger partial charge in [-0.05, 0) is 36.2 Å². The molecule has 0 radical (unpaired) electrons. The summed E-state index contributed by atoms with van der Waals surface area (Å²) in [5.74, 6) is -0.602. The number of nitro groups is 1. The highest BCUT2D eigenvalue weighted by molar-refractivity contribution is 5.94. The zero-order valence-electron chi connectivity index (χ0n) is 16.3. The van der Waals surface area contributed by atoms with E-state index in [9.17, 15) is 19.7 Å². The van der Waals surface area contributed by atoms with E-state index in [0.29, 0.717) is 18.5 Å². The Hall–Kier alpha value is -3.75. The van der Waals surface area contributed by atoms with Gasteiger partial charge in [0.15, 0.2) is 0 Å². The topological polar surface area (TPSA) is 117 Å². The zero-order chi connectivity index (χ0) is 21.2. The van der Waals surface area contributed by atoms with Crippen LogP contribution in [0.25, 0.3) is 0 Å². The number of amides is 2. The van der Waals surface area contributed by atoms with Crippen LogP contribution in [-0.4, -0.2) is 43.6 Å². The Labute approximate surface area is 168 Å². The fraction of sp³-hybridized carbons (Fsp3) is 0.250. The number of nitrogens with one attached hydrogen (secondary N) is 2. The predicted octanol–water partition coefficient (Wildman–Crippen LogP) is 2.32. The first-order valence-electron chi connectivity index (χ1n) is 8.99. The number of carbonyl (C=O) groups is 2. The maximum Gasteiger partial charge on any atom is 0.269 e. The molecule has 2 aromatic carbocycles. The smallest absolute Gasteiger partial charge is 0.269 e. The van der Waals surface area contributed by atoms with Crippen LogP contribution < -0.4 is 15.6 Å². The van der Waals surface area contributed by atoms with Crippen molar-refractivity contribution >= 4 is 29.4 Å².